The summed E-state index contributed by atoms with van der Waals surface area (Å²) in [5, 5.41) is 8.71. The minimum absolute atomic E-state index is 0.607. The normalized spacial score (nSPS) is 10.8. The smallest absolute Gasteiger partial charge is 0.416 e. The van der Waals surface area contributed by atoms with E-state index in [1.165, 1.54) is 17.5 Å². The molecular weight excluding hydrogens is 198 g/mol. The minimum atomic E-state index is -0.987. The molecule has 0 aliphatic heterocycles. The first kappa shape index (κ1) is 7.64. The number of carboxylic acid groups (broad SMARTS) is 1. The maximum Gasteiger partial charge on any atom is 0.416 e. The van der Waals surface area contributed by atoms with E-state index in [-0.39, 0.29) is 0 Å². The molecular formula is C7H4ClNO2S. The van der Waals surface area contributed by atoms with E-state index < -0.39 is 6.09 Å². The molecule has 0 radical (unpaired) electrons. The van der Waals surface area contributed by atoms with Crippen LogP contribution in [0.25, 0.3) is 10.2 Å². The molecule has 0 unspecified atom stereocenters. The molecule has 0 aromatic carbocycles. The van der Waals surface area contributed by atoms with Crippen LogP contribution in [0.4, 0.5) is 4.79 Å². The van der Waals surface area contributed by atoms with E-state index in [0.717, 1.165) is 9.27 Å². The third kappa shape index (κ3) is 1.00. The highest BCUT2D eigenvalue weighted by Crippen LogP contribution is 2.29. The van der Waals surface area contributed by atoms with E-state index >= 15 is 0 Å². The number of rotatable bonds is 0. The van der Waals surface area contributed by atoms with Crippen molar-refractivity contribution in [2.24, 2.45) is 0 Å². The lowest BCUT2D eigenvalue weighted by Gasteiger charge is -1.91. The second-order valence-electron chi connectivity index (χ2n) is 2.27. The van der Waals surface area contributed by atoms with Gasteiger partial charge in [-0.15, -0.1) is 11.3 Å². The number of halogens is 1. The summed E-state index contributed by atoms with van der Waals surface area (Å²) >= 11 is 7.08. The van der Waals surface area contributed by atoms with Gasteiger partial charge in [0, 0.05) is 6.20 Å². The van der Waals surface area contributed by atoms with Crippen molar-refractivity contribution in [2.45, 2.75) is 0 Å². The van der Waals surface area contributed by atoms with Crippen LogP contribution in [0.3, 0.4) is 0 Å². The fraction of sp³-hybridized carbons (Fsp3) is 0. The third-order valence-electron chi connectivity index (χ3n) is 1.55. The molecule has 1 N–H and O–H groups in total. The first-order valence-electron chi connectivity index (χ1n) is 3.18. The molecule has 2 heterocycles. The molecule has 0 aliphatic carbocycles. The second kappa shape index (κ2) is 2.50. The first-order chi connectivity index (χ1) is 5.68. The van der Waals surface area contributed by atoms with Gasteiger partial charge in [-0.25, -0.2) is 4.79 Å². The zero-order chi connectivity index (χ0) is 8.72. The predicted octanol–water partition coefficient (Wildman–Crippen LogP) is 2.88. The van der Waals surface area contributed by atoms with Crippen LogP contribution in [0.2, 0.25) is 4.34 Å². The van der Waals surface area contributed by atoms with Gasteiger partial charge in [-0.3, -0.25) is 4.57 Å². The summed E-state index contributed by atoms with van der Waals surface area (Å²) in [5.41, 5.74) is 0.650. The molecule has 3 nitrogen and oxygen atoms in total. The van der Waals surface area contributed by atoms with Gasteiger partial charge in [0.25, 0.3) is 0 Å². The average Bonchev–Trinajstić information content (AvgIpc) is 2.43. The Bertz CT molecular complexity index is 445. The van der Waals surface area contributed by atoms with Gasteiger partial charge < -0.3 is 5.11 Å². The highest BCUT2D eigenvalue weighted by atomic mass is 35.5. The molecule has 0 saturated carbocycles. The van der Waals surface area contributed by atoms with Crippen LogP contribution in [-0.2, 0) is 0 Å². The van der Waals surface area contributed by atoms with Crippen LogP contribution in [0.5, 0.6) is 0 Å². The SMILES string of the molecule is O=C(O)n1ccc2sc(Cl)cc21. The lowest BCUT2D eigenvalue weighted by molar-refractivity contribution is 0.197. The molecule has 2 aromatic rings. The molecule has 0 fully saturated rings. The number of thiophene rings is 1. The van der Waals surface area contributed by atoms with E-state index in [4.69, 9.17) is 16.7 Å². The number of aromatic nitrogens is 1. The molecule has 2 rings (SSSR count). The lowest BCUT2D eigenvalue weighted by atomic mass is 10.5. The molecule has 0 atom stereocenters. The molecule has 0 bridgehead atoms. The maximum atomic E-state index is 10.6. The van der Waals surface area contributed by atoms with Crippen molar-refractivity contribution in [3.05, 3.63) is 22.7 Å². The molecule has 62 valence electrons. The van der Waals surface area contributed by atoms with E-state index in [1.54, 1.807) is 12.1 Å². The molecule has 2 aromatic heterocycles. The third-order valence-corrected chi connectivity index (χ3v) is 2.77. The molecule has 5 heteroatoms. The van der Waals surface area contributed by atoms with Crippen LogP contribution in [0, 0.1) is 0 Å². The summed E-state index contributed by atoms with van der Waals surface area (Å²) in [6, 6.07) is 3.38. The van der Waals surface area contributed by atoms with E-state index in [0.29, 0.717) is 9.85 Å². The van der Waals surface area contributed by atoms with Gasteiger partial charge in [0.15, 0.2) is 0 Å². The Morgan fingerprint density at radius 2 is 2.42 bits per heavy atom. The number of carbonyl (C=O) groups is 1. The van der Waals surface area contributed by atoms with Crippen molar-refractivity contribution in [1.29, 1.82) is 0 Å². The monoisotopic (exact) mass is 201 g/mol. The largest absolute Gasteiger partial charge is 0.464 e. The molecule has 0 saturated heterocycles. The van der Waals surface area contributed by atoms with Crippen molar-refractivity contribution in [3.63, 3.8) is 0 Å². The number of hydrogen-bond donors (Lipinski definition) is 1. The van der Waals surface area contributed by atoms with E-state index in [9.17, 15) is 4.79 Å². The molecule has 0 amide bonds. The Morgan fingerprint density at radius 3 is 3.08 bits per heavy atom. The summed E-state index contributed by atoms with van der Waals surface area (Å²) < 4.78 is 2.65. The average molecular weight is 202 g/mol. The first-order valence-corrected chi connectivity index (χ1v) is 4.37. The Morgan fingerprint density at radius 1 is 1.67 bits per heavy atom. The van der Waals surface area contributed by atoms with Crippen LogP contribution in [0.15, 0.2) is 18.3 Å². The highest BCUT2D eigenvalue weighted by Gasteiger charge is 2.08. The summed E-state index contributed by atoms with van der Waals surface area (Å²) in [7, 11) is 0. The van der Waals surface area contributed by atoms with Gasteiger partial charge >= 0.3 is 6.09 Å². The maximum absolute atomic E-state index is 10.6. The summed E-state index contributed by atoms with van der Waals surface area (Å²) in [6.07, 6.45) is 0.527. The predicted molar refractivity (Wildman–Crippen MR) is 48.2 cm³/mol. The van der Waals surface area contributed by atoms with Gasteiger partial charge in [0.05, 0.1) is 14.6 Å². The fourth-order valence-electron chi connectivity index (χ4n) is 1.06. The topological polar surface area (TPSA) is 42.2 Å². The van der Waals surface area contributed by atoms with Crippen molar-refractivity contribution >= 4 is 39.2 Å². The zero-order valence-corrected chi connectivity index (χ0v) is 7.39. The standard InChI is InChI=1S/C7H4ClNO2S/c8-6-3-4-5(12-6)1-2-9(4)7(10)11/h1-3H,(H,10,11). The van der Waals surface area contributed by atoms with Gasteiger partial charge in [0.1, 0.15) is 0 Å². The minimum Gasteiger partial charge on any atom is -0.464 e. The van der Waals surface area contributed by atoms with Crippen LogP contribution < -0.4 is 0 Å². The Labute approximate surface area is 76.8 Å². The number of nitrogens with zero attached hydrogens (tertiary/aromatic N) is 1. The number of fused-ring (bicyclic) bond motifs is 1. The molecule has 0 aliphatic rings. The van der Waals surface area contributed by atoms with Crippen molar-refractivity contribution < 1.29 is 9.90 Å². The van der Waals surface area contributed by atoms with Gasteiger partial charge in [-0.05, 0) is 12.1 Å². The Hall–Kier alpha value is -1.00. The van der Waals surface area contributed by atoms with Crippen molar-refractivity contribution in [3.8, 4) is 0 Å². The summed E-state index contributed by atoms with van der Waals surface area (Å²) in [4.78, 5) is 10.6. The van der Waals surface area contributed by atoms with Crippen LogP contribution >= 0.6 is 22.9 Å². The molecule has 12 heavy (non-hydrogen) atoms. The van der Waals surface area contributed by atoms with Crippen molar-refractivity contribution in [2.75, 3.05) is 0 Å². The number of hydrogen-bond acceptors (Lipinski definition) is 2. The van der Waals surface area contributed by atoms with Crippen LogP contribution in [0.1, 0.15) is 0 Å². The van der Waals surface area contributed by atoms with Gasteiger partial charge in [-0.2, -0.15) is 0 Å². The van der Waals surface area contributed by atoms with E-state index in [2.05, 4.69) is 0 Å². The fourth-order valence-corrected chi connectivity index (χ4v) is 2.19. The Kier molecular flexibility index (Phi) is 1.59. The van der Waals surface area contributed by atoms with Gasteiger partial charge in [0.2, 0.25) is 0 Å². The molecule has 0 spiro atoms. The summed E-state index contributed by atoms with van der Waals surface area (Å²) in [5.74, 6) is 0. The lowest BCUT2D eigenvalue weighted by Crippen LogP contribution is -2.04. The highest BCUT2D eigenvalue weighted by molar-refractivity contribution is 7.22. The van der Waals surface area contributed by atoms with Gasteiger partial charge in [-0.1, -0.05) is 11.6 Å². The van der Waals surface area contributed by atoms with E-state index in [1.807, 2.05) is 0 Å². The quantitative estimate of drug-likeness (QED) is 0.712. The van der Waals surface area contributed by atoms with Crippen LogP contribution in [-0.4, -0.2) is 15.8 Å². The van der Waals surface area contributed by atoms with Crippen molar-refractivity contribution in [1.82, 2.24) is 4.57 Å². The Balaban J connectivity index is 2.76. The second-order valence-corrected chi connectivity index (χ2v) is 3.98. The zero-order valence-electron chi connectivity index (χ0n) is 5.82. The summed E-state index contributed by atoms with van der Waals surface area (Å²) in [6.45, 7) is 0.